The van der Waals surface area contributed by atoms with E-state index in [1.54, 1.807) is 6.26 Å². The Morgan fingerprint density at radius 3 is 3.00 bits per heavy atom. The van der Waals surface area contributed by atoms with Crippen molar-refractivity contribution in [2.75, 3.05) is 0 Å². The van der Waals surface area contributed by atoms with Crippen molar-refractivity contribution in [3.05, 3.63) is 18.9 Å². The van der Waals surface area contributed by atoms with Crippen molar-refractivity contribution in [1.29, 1.82) is 0 Å². The van der Waals surface area contributed by atoms with Crippen molar-refractivity contribution in [3.8, 4) is 0 Å². The summed E-state index contributed by atoms with van der Waals surface area (Å²) in [6.07, 6.45) is 8.67. The zero-order valence-electron chi connectivity index (χ0n) is 4.97. The predicted octanol–water partition coefficient (Wildman–Crippen LogP) is 2.25. The van der Waals surface area contributed by atoms with Gasteiger partial charge < -0.3 is 4.74 Å². The number of hydrogen-bond donors (Lipinski definition) is 0. The Balaban J connectivity index is 2.17. The minimum absolute atomic E-state index is 1.10. The summed E-state index contributed by atoms with van der Waals surface area (Å²) < 4.78 is 4.97. The molecule has 1 rings (SSSR count). The van der Waals surface area contributed by atoms with Crippen LogP contribution in [0.4, 0.5) is 0 Å². The first kappa shape index (κ1) is 5.67. The molecule has 0 saturated heterocycles. The minimum atomic E-state index is 1.10. The van der Waals surface area contributed by atoms with Crippen LogP contribution in [0.1, 0.15) is 25.7 Å². The van der Waals surface area contributed by atoms with Crippen LogP contribution in [0.2, 0.25) is 0 Å². The molecule has 1 aliphatic heterocycles. The van der Waals surface area contributed by atoms with Crippen molar-refractivity contribution in [3.63, 3.8) is 0 Å². The van der Waals surface area contributed by atoms with Crippen molar-refractivity contribution in [1.82, 2.24) is 0 Å². The Morgan fingerprint density at radius 1 is 1.12 bits per heavy atom. The van der Waals surface area contributed by atoms with Crippen LogP contribution in [0.5, 0.6) is 0 Å². The molecule has 0 aromatic rings. The molecule has 0 aromatic carbocycles. The van der Waals surface area contributed by atoms with E-state index in [0.717, 1.165) is 6.42 Å². The molecule has 1 aliphatic rings. The van der Waals surface area contributed by atoms with Gasteiger partial charge in [0.1, 0.15) is 6.61 Å². The van der Waals surface area contributed by atoms with E-state index in [4.69, 9.17) is 4.74 Å². The molecule has 0 unspecified atom stereocenters. The fraction of sp³-hybridized carbons (Fsp3) is 0.571. The molecule has 0 saturated carbocycles. The van der Waals surface area contributed by atoms with E-state index < -0.39 is 0 Å². The highest BCUT2D eigenvalue weighted by molar-refractivity contribution is 4.77. The summed E-state index contributed by atoms with van der Waals surface area (Å²) in [7, 11) is 0. The van der Waals surface area contributed by atoms with Gasteiger partial charge in [0.2, 0.25) is 0 Å². The summed E-state index contributed by atoms with van der Waals surface area (Å²) in [6, 6.07) is 0. The Bertz CT molecular complexity index is 66.5. The van der Waals surface area contributed by atoms with Gasteiger partial charge in [-0.15, -0.1) is 0 Å². The second kappa shape index (κ2) is 3.53. The second-order valence-electron chi connectivity index (χ2n) is 1.96. The molecular weight excluding hydrogens is 100 g/mol. The lowest BCUT2D eigenvalue weighted by molar-refractivity contribution is 0.309. The summed E-state index contributed by atoms with van der Waals surface area (Å²) >= 11 is 0. The van der Waals surface area contributed by atoms with Crippen LogP contribution < -0.4 is 0 Å². The molecule has 1 nitrogen and oxygen atoms in total. The fourth-order valence-corrected chi connectivity index (χ4v) is 0.737. The fourth-order valence-electron chi connectivity index (χ4n) is 0.737. The first-order valence-electron chi connectivity index (χ1n) is 3.12. The van der Waals surface area contributed by atoms with Crippen LogP contribution in [0.25, 0.3) is 0 Å². The Morgan fingerprint density at radius 2 is 2.00 bits per heavy atom. The summed E-state index contributed by atoms with van der Waals surface area (Å²) in [5.74, 6) is 0. The lowest BCUT2D eigenvalue weighted by Gasteiger charge is -2.01. The maximum absolute atomic E-state index is 4.97. The van der Waals surface area contributed by atoms with Gasteiger partial charge in [0.05, 0.1) is 6.26 Å². The second-order valence-corrected chi connectivity index (χ2v) is 1.96. The monoisotopic (exact) mass is 111 g/mol. The van der Waals surface area contributed by atoms with Gasteiger partial charge in [-0.1, -0.05) is 0 Å². The lowest BCUT2D eigenvalue weighted by atomic mass is 10.2. The van der Waals surface area contributed by atoms with E-state index in [2.05, 4.69) is 6.08 Å². The van der Waals surface area contributed by atoms with Gasteiger partial charge >= 0.3 is 0 Å². The van der Waals surface area contributed by atoms with Gasteiger partial charge in [0, 0.05) is 0 Å². The quantitative estimate of drug-likeness (QED) is 0.466. The van der Waals surface area contributed by atoms with Gasteiger partial charge in [-0.3, -0.25) is 0 Å². The Labute approximate surface area is 50.3 Å². The van der Waals surface area contributed by atoms with Crippen LogP contribution in [0, 0.1) is 6.61 Å². The highest BCUT2D eigenvalue weighted by Gasteiger charge is 1.90. The minimum Gasteiger partial charge on any atom is -0.495 e. The molecule has 0 bridgehead atoms. The van der Waals surface area contributed by atoms with Gasteiger partial charge in [0.15, 0.2) is 0 Å². The van der Waals surface area contributed by atoms with E-state index in [1.807, 2.05) is 6.61 Å². The first-order chi connectivity index (χ1) is 4.00. The standard InChI is InChI=1S/C7H11O/c1-2-4-6-8-7-5-3-1/h4,6-7H,1-3,5H2/b6-4-. The maximum Gasteiger partial charge on any atom is 0.134 e. The number of hydrogen-bond acceptors (Lipinski definition) is 1. The van der Waals surface area contributed by atoms with E-state index in [-0.39, 0.29) is 0 Å². The zero-order chi connectivity index (χ0) is 5.66. The highest BCUT2D eigenvalue weighted by atomic mass is 16.5. The molecule has 1 radical (unpaired) electrons. The van der Waals surface area contributed by atoms with E-state index >= 15 is 0 Å². The van der Waals surface area contributed by atoms with E-state index in [9.17, 15) is 0 Å². The van der Waals surface area contributed by atoms with Crippen LogP contribution in [0.3, 0.4) is 0 Å². The molecule has 45 valence electrons. The number of rotatable bonds is 0. The molecule has 8 heavy (non-hydrogen) atoms. The van der Waals surface area contributed by atoms with Gasteiger partial charge in [-0.2, -0.15) is 0 Å². The Kier molecular flexibility index (Phi) is 2.50. The lowest BCUT2D eigenvalue weighted by Crippen LogP contribution is -1.84. The normalized spacial score (nSPS) is 25.0. The SMILES string of the molecule is [CH]1CCCC/C=C\O1. The average molecular weight is 111 g/mol. The molecule has 0 atom stereocenters. The van der Waals surface area contributed by atoms with Crippen LogP contribution >= 0.6 is 0 Å². The summed E-state index contributed by atoms with van der Waals surface area (Å²) in [6.45, 7) is 1.86. The molecule has 1 heterocycles. The summed E-state index contributed by atoms with van der Waals surface area (Å²) in [5, 5.41) is 0. The summed E-state index contributed by atoms with van der Waals surface area (Å²) in [5.41, 5.74) is 0. The Hall–Kier alpha value is -0.460. The molecule has 0 spiro atoms. The van der Waals surface area contributed by atoms with Gasteiger partial charge in [-0.05, 0) is 31.8 Å². The molecule has 0 N–H and O–H groups in total. The van der Waals surface area contributed by atoms with Crippen LogP contribution in [-0.4, -0.2) is 0 Å². The van der Waals surface area contributed by atoms with E-state index in [0.29, 0.717) is 0 Å². The number of ether oxygens (including phenoxy) is 1. The third kappa shape index (κ3) is 2.01. The maximum atomic E-state index is 4.97. The van der Waals surface area contributed by atoms with E-state index in [1.165, 1.54) is 19.3 Å². The largest absolute Gasteiger partial charge is 0.495 e. The molecule has 0 aliphatic carbocycles. The van der Waals surface area contributed by atoms with Crippen molar-refractivity contribution in [2.45, 2.75) is 25.7 Å². The molecular formula is C7H11O. The third-order valence-electron chi connectivity index (χ3n) is 1.21. The molecule has 1 heteroatoms. The van der Waals surface area contributed by atoms with Crippen molar-refractivity contribution < 1.29 is 4.74 Å². The molecule has 0 fully saturated rings. The van der Waals surface area contributed by atoms with Crippen LogP contribution in [-0.2, 0) is 4.74 Å². The van der Waals surface area contributed by atoms with Gasteiger partial charge in [-0.25, -0.2) is 0 Å². The first-order valence-corrected chi connectivity index (χ1v) is 3.12. The smallest absolute Gasteiger partial charge is 0.134 e. The van der Waals surface area contributed by atoms with Crippen molar-refractivity contribution in [2.24, 2.45) is 0 Å². The van der Waals surface area contributed by atoms with Gasteiger partial charge in [0.25, 0.3) is 0 Å². The highest BCUT2D eigenvalue weighted by Crippen LogP contribution is 2.06. The predicted molar refractivity (Wildman–Crippen MR) is 33.0 cm³/mol. The summed E-state index contributed by atoms with van der Waals surface area (Å²) in [4.78, 5) is 0. The molecule has 0 amide bonds. The zero-order valence-corrected chi connectivity index (χ0v) is 4.97. The van der Waals surface area contributed by atoms with Crippen molar-refractivity contribution >= 4 is 0 Å². The third-order valence-corrected chi connectivity index (χ3v) is 1.21. The number of allylic oxidation sites excluding steroid dienone is 1. The topological polar surface area (TPSA) is 9.23 Å². The average Bonchev–Trinajstić information content (AvgIpc) is 1.62. The van der Waals surface area contributed by atoms with Crippen LogP contribution in [0.15, 0.2) is 12.3 Å². The molecule has 0 aromatic heterocycles.